The van der Waals surface area contributed by atoms with E-state index in [0.717, 1.165) is 38.1 Å². The topological polar surface area (TPSA) is 59.8 Å². The summed E-state index contributed by atoms with van der Waals surface area (Å²) in [5.41, 5.74) is 0.504. The predicted octanol–water partition coefficient (Wildman–Crippen LogP) is 3.23. The first-order chi connectivity index (χ1) is 11.1. The fourth-order valence-corrected chi connectivity index (χ4v) is 2.65. The van der Waals surface area contributed by atoms with Crippen molar-refractivity contribution in [3.8, 4) is 11.4 Å². The van der Waals surface area contributed by atoms with Gasteiger partial charge in [0.15, 0.2) is 11.7 Å². The Morgan fingerprint density at radius 2 is 2.09 bits per heavy atom. The Morgan fingerprint density at radius 1 is 1.26 bits per heavy atom. The molecule has 3 rings (SSSR count). The van der Waals surface area contributed by atoms with Crippen LogP contribution in [0.15, 0.2) is 30.6 Å². The fraction of sp³-hybridized carbons (Fsp3) is 0.312. The number of aryl methyl sites for hydroxylation is 1. The zero-order valence-electron chi connectivity index (χ0n) is 12.5. The first-order valence-corrected chi connectivity index (χ1v) is 7.44. The molecule has 1 amide bonds. The Bertz CT molecular complexity index is 769. The van der Waals surface area contributed by atoms with Crippen molar-refractivity contribution >= 4 is 11.6 Å². The molecule has 0 bridgehead atoms. The van der Waals surface area contributed by atoms with Crippen LogP contribution in [0.25, 0.3) is 11.4 Å². The summed E-state index contributed by atoms with van der Waals surface area (Å²) in [6.07, 6.45) is 4.09. The molecule has 0 radical (unpaired) electrons. The maximum atomic E-state index is 13.8. The van der Waals surface area contributed by atoms with E-state index >= 15 is 0 Å². The van der Waals surface area contributed by atoms with Crippen LogP contribution < -0.4 is 5.32 Å². The first-order valence-electron chi connectivity index (χ1n) is 7.44. The second-order valence-corrected chi connectivity index (χ2v) is 5.46. The second kappa shape index (κ2) is 6.28. The van der Waals surface area contributed by atoms with E-state index in [9.17, 15) is 13.6 Å². The van der Waals surface area contributed by atoms with Crippen molar-refractivity contribution in [1.82, 2.24) is 14.8 Å². The Hall–Kier alpha value is -2.57. The van der Waals surface area contributed by atoms with Crippen LogP contribution in [0.3, 0.4) is 0 Å². The highest BCUT2D eigenvalue weighted by Gasteiger charge is 2.18. The number of benzene rings is 1. The average molecular weight is 318 g/mol. The number of carbonyl (C=O) groups excluding carboxylic acids is 1. The first kappa shape index (κ1) is 15.3. The molecule has 2 aromatic rings. The summed E-state index contributed by atoms with van der Waals surface area (Å²) in [5, 5.41) is 10.5. The van der Waals surface area contributed by atoms with Crippen molar-refractivity contribution < 1.29 is 13.6 Å². The van der Waals surface area contributed by atoms with E-state index in [2.05, 4.69) is 22.1 Å². The molecule has 0 unspecified atom stereocenters. The van der Waals surface area contributed by atoms with E-state index in [4.69, 9.17) is 0 Å². The quantitative estimate of drug-likeness (QED) is 0.884. The van der Waals surface area contributed by atoms with Gasteiger partial charge in [0.25, 0.3) is 5.91 Å². The van der Waals surface area contributed by atoms with E-state index in [1.54, 1.807) is 6.07 Å². The molecule has 7 heteroatoms. The normalized spacial score (nSPS) is 14.0. The molecule has 0 fully saturated rings. The van der Waals surface area contributed by atoms with Gasteiger partial charge in [-0.3, -0.25) is 4.79 Å². The second-order valence-electron chi connectivity index (χ2n) is 5.46. The van der Waals surface area contributed by atoms with Crippen LogP contribution in [-0.4, -0.2) is 20.7 Å². The van der Waals surface area contributed by atoms with Crippen LogP contribution in [0.2, 0.25) is 0 Å². The van der Waals surface area contributed by atoms with Crippen LogP contribution >= 0.6 is 0 Å². The van der Waals surface area contributed by atoms with Gasteiger partial charge in [-0.15, -0.1) is 10.2 Å². The molecule has 0 saturated heterocycles. The molecule has 5 nitrogen and oxygen atoms in total. The van der Waals surface area contributed by atoms with Crippen LogP contribution in [-0.2, 0) is 17.8 Å². The van der Waals surface area contributed by atoms with E-state index in [0.29, 0.717) is 11.4 Å². The molecule has 23 heavy (non-hydrogen) atoms. The molecule has 1 aliphatic heterocycles. The van der Waals surface area contributed by atoms with Gasteiger partial charge < -0.3 is 9.88 Å². The summed E-state index contributed by atoms with van der Waals surface area (Å²) in [6.45, 7) is 3.70. The lowest BCUT2D eigenvalue weighted by molar-refractivity contribution is -0.114. The number of hydrogen-bond acceptors (Lipinski definition) is 3. The van der Waals surface area contributed by atoms with E-state index in [1.807, 2.05) is 4.57 Å². The van der Waals surface area contributed by atoms with E-state index < -0.39 is 17.6 Å². The molecule has 0 atom stereocenters. The summed E-state index contributed by atoms with van der Waals surface area (Å²) >= 11 is 0. The lowest BCUT2D eigenvalue weighted by Crippen LogP contribution is -2.12. The molecule has 0 saturated carbocycles. The van der Waals surface area contributed by atoms with Crippen molar-refractivity contribution in [2.24, 2.45) is 0 Å². The number of nitrogens with one attached hydrogen (secondary N) is 1. The van der Waals surface area contributed by atoms with Crippen LogP contribution in [0.1, 0.15) is 25.1 Å². The van der Waals surface area contributed by atoms with Crippen LogP contribution in [0.4, 0.5) is 14.5 Å². The van der Waals surface area contributed by atoms with Gasteiger partial charge in [0.1, 0.15) is 11.6 Å². The van der Waals surface area contributed by atoms with Gasteiger partial charge in [0, 0.05) is 18.5 Å². The van der Waals surface area contributed by atoms with Crippen molar-refractivity contribution in [3.63, 3.8) is 0 Å². The summed E-state index contributed by atoms with van der Waals surface area (Å²) in [7, 11) is 0. The van der Waals surface area contributed by atoms with Crippen molar-refractivity contribution in [2.75, 3.05) is 5.32 Å². The molecule has 2 heterocycles. The minimum Gasteiger partial charge on any atom is -0.317 e. The largest absolute Gasteiger partial charge is 0.317 e. The van der Waals surface area contributed by atoms with Gasteiger partial charge in [-0.1, -0.05) is 13.0 Å². The maximum Gasteiger partial charge on any atom is 0.283 e. The number of amides is 1. The van der Waals surface area contributed by atoms with Crippen LogP contribution in [0, 0.1) is 5.82 Å². The SMILES string of the molecule is C=C(F)C(=O)Nc1cc(-c2nnc3n2CCCCC3)ccc1F. The molecule has 120 valence electrons. The highest BCUT2D eigenvalue weighted by Crippen LogP contribution is 2.26. The monoisotopic (exact) mass is 318 g/mol. The van der Waals surface area contributed by atoms with Crippen molar-refractivity contribution in [1.29, 1.82) is 0 Å². The number of nitrogens with zero attached hydrogens (tertiary/aromatic N) is 3. The molecule has 0 spiro atoms. The Kier molecular flexibility index (Phi) is 4.18. The summed E-state index contributed by atoms with van der Waals surface area (Å²) < 4.78 is 28.6. The number of rotatable bonds is 3. The maximum absolute atomic E-state index is 13.8. The summed E-state index contributed by atoms with van der Waals surface area (Å²) in [5.74, 6) is -1.37. The Labute approximate surface area is 132 Å². The fourth-order valence-electron chi connectivity index (χ4n) is 2.65. The third-order valence-electron chi connectivity index (χ3n) is 3.83. The smallest absolute Gasteiger partial charge is 0.283 e. The lowest BCUT2D eigenvalue weighted by atomic mass is 10.1. The predicted molar refractivity (Wildman–Crippen MR) is 81.8 cm³/mol. The zero-order chi connectivity index (χ0) is 16.4. The molecule has 1 aromatic heterocycles. The Morgan fingerprint density at radius 3 is 2.87 bits per heavy atom. The Balaban J connectivity index is 1.96. The average Bonchev–Trinajstić information content (AvgIpc) is 2.78. The molecular formula is C16H16F2N4O. The molecular weight excluding hydrogens is 302 g/mol. The minimum absolute atomic E-state index is 0.114. The van der Waals surface area contributed by atoms with Crippen molar-refractivity contribution in [2.45, 2.75) is 32.2 Å². The highest BCUT2D eigenvalue weighted by atomic mass is 19.1. The third kappa shape index (κ3) is 3.13. The van der Waals surface area contributed by atoms with Gasteiger partial charge in [0.2, 0.25) is 0 Å². The number of halogens is 2. The molecule has 0 aliphatic carbocycles. The van der Waals surface area contributed by atoms with Gasteiger partial charge in [0.05, 0.1) is 5.69 Å². The van der Waals surface area contributed by atoms with Gasteiger partial charge in [-0.25, -0.2) is 8.78 Å². The standard InChI is InChI=1S/C16H16F2N4O/c1-10(17)16(23)19-13-9-11(6-7-12(13)18)15-21-20-14-5-3-2-4-8-22(14)15/h6-7,9H,1-5,8H2,(H,19,23). The van der Waals surface area contributed by atoms with E-state index in [1.165, 1.54) is 12.1 Å². The van der Waals surface area contributed by atoms with E-state index in [-0.39, 0.29) is 5.69 Å². The highest BCUT2D eigenvalue weighted by molar-refractivity contribution is 6.01. The van der Waals surface area contributed by atoms with Gasteiger partial charge >= 0.3 is 0 Å². The van der Waals surface area contributed by atoms with Gasteiger partial charge in [-0.2, -0.15) is 0 Å². The molecule has 1 aliphatic rings. The van der Waals surface area contributed by atoms with Crippen molar-refractivity contribution in [3.05, 3.63) is 42.2 Å². The van der Waals surface area contributed by atoms with Crippen LogP contribution in [0.5, 0.6) is 0 Å². The molecule has 1 N–H and O–H groups in total. The number of aromatic nitrogens is 3. The number of hydrogen-bond donors (Lipinski definition) is 1. The number of anilines is 1. The minimum atomic E-state index is -1.17. The summed E-state index contributed by atoms with van der Waals surface area (Å²) in [6, 6.07) is 4.21. The number of carbonyl (C=O) groups is 1. The summed E-state index contributed by atoms with van der Waals surface area (Å²) in [4.78, 5) is 11.4. The lowest BCUT2D eigenvalue weighted by Gasteiger charge is -2.10. The van der Waals surface area contributed by atoms with Gasteiger partial charge in [-0.05, 0) is 31.0 Å². The third-order valence-corrected chi connectivity index (χ3v) is 3.83. The number of fused-ring (bicyclic) bond motifs is 1. The zero-order valence-corrected chi connectivity index (χ0v) is 12.5. The molecule has 1 aromatic carbocycles.